The van der Waals surface area contributed by atoms with Crippen LogP contribution >= 0.6 is 0 Å². The van der Waals surface area contributed by atoms with Gasteiger partial charge in [-0.15, -0.1) is 10.2 Å². The lowest BCUT2D eigenvalue weighted by Gasteiger charge is -2.02. The van der Waals surface area contributed by atoms with Crippen LogP contribution in [0.5, 0.6) is 0 Å². The molecule has 1 N–H and O–H groups in total. The monoisotopic (exact) mass is 235 g/mol. The topological polar surface area (TPSA) is 76.7 Å². The smallest absolute Gasteiger partial charge is 0.339 e. The van der Waals surface area contributed by atoms with Crippen LogP contribution in [0.4, 0.5) is 0 Å². The van der Waals surface area contributed by atoms with Gasteiger partial charge in [0.1, 0.15) is 5.82 Å². The minimum atomic E-state index is -0.395. The third-order valence-corrected chi connectivity index (χ3v) is 2.45. The van der Waals surface area contributed by atoms with Crippen LogP contribution in [0.25, 0.3) is 5.65 Å². The van der Waals surface area contributed by atoms with Crippen molar-refractivity contribution in [3.63, 3.8) is 0 Å². The molecule has 6 heteroatoms. The van der Waals surface area contributed by atoms with Crippen LogP contribution in [0.1, 0.15) is 22.6 Å². The van der Waals surface area contributed by atoms with Gasteiger partial charge < -0.3 is 9.84 Å². The molecule has 2 aromatic rings. The Morgan fingerprint density at radius 1 is 1.47 bits per heavy atom. The second-order valence-electron chi connectivity index (χ2n) is 3.58. The van der Waals surface area contributed by atoms with E-state index in [1.165, 1.54) is 7.11 Å². The summed E-state index contributed by atoms with van der Waals surface area (Å²) in [5.41, 5.74) is 1.12. The normalized spacial score (nSPS) is 10.7. The number of fused-ring (bicyclic) bond motifs is 1. The summed E-state index contributed by atoms with van der Waals surface area (Å²) < 4.78 is 6.39. The van der Waals surface area contributed by atoms with Crippen molar-refractivity contribution < 1.29 is 14.6 Å². The van der Waals surface area contributed by atoms with Gasteiger partial charge in [0.05, 0.1) is 12.7 Å². The molecule has 0 atom stereocenters. The highest BCUT2D eigenvalue weighted by Crippen LogP contribution is 2.09. The molecule has 90 valence electrons. The minimum absolute atomic E-state index is 0.103. The molecule has 0 radical (unpaired) electrons. The number of carbonyl (C=O) groups excluding carboxylic acids is 1. The van der Waals surface area contributed by atoms with Crippen molar-refractivity contribution in [2.24, 2.45) is 0 Å². The Morgan fingerprint density at radius 2 is 2.29 bits per heavy atom. The van der Waals surface area contributed by atoms with Crippen molar-refractivity contribution in [2.75, 3.05) is 13.7 Å². The molecule has 0 amide bonds. The molecule has 0 bridgehead atoms. The zero-order chi connectivity index (χ0) is 12.3. The van der Waals surface area contributed by atoms with Crippen LogP contribution in [-0.4, -0.2) is 39.4 Å². The molecule has 2 heterocycles. The molecule has 0 aromatic carbocycles. The number of aliphatic hydroxyl groups excluding tert-OH is 1. The van der Waals surface area contributed by atoms with Gasteiger partial charge >= 0.3 is 5.97 Å². The summed E-state index contributed by atoms with van der Waals surface area (Å²) in [4.78, 5) is 11.4. The molecule has 0 saturated heterocycles. The summed E-state index contributed by atoms with van der Waals surface area (Å²) in [6.07, 6.45) is 2.87. The average Bonchev–Trinajstić information content (AvgIpc) is 2.77. The lowest BCUT2D eigenvalue weighted by atomic mass is 10.2. The van der Waals surface area contributed by atoms with Crippen LogP contribution in [0.15, 0.2) is 18.3 Å². The quantitative estimate of drug-likeness (QED) is 0.778. The van der Waals surface area contributed by atoms with E-state index >= 15 is 0 Å². The third kappa shape index (κ3) is 2.26. The fourth-order valence-corrected chi connectivity index (χ4v) is 1.58. The van der Waals surface area contributed by atoms with E-state index in [1.807, 2.05) is 0 Å². The van der Waals surface area contributed by atoms with Gasteiger partial charge in [-0.05, 0) is 18.6 Å². The molecule has 0 saturated carbocycles. The van der Waals surface area contributed by atoms with Crippen molar-refractivity contribution in [1.82, 2.24) is 14.6 Å². The number of ether oxygens (including phenoxy) is 1. The maximum Gasteiger partial charge on any atom is 0.339 e. The van der Waals surface area contributed by atoms with E-state index in [0.717, 1.165) is 5.82 Å². The van der Waals surface area contributed by atoms with Crippen LogP contribution in [0.2, 0.25) is 0 Å². The van der Waals surface area contributed by atoms with Crippen LogP contribution in [-0.2, 0) is 11.2 Å². The van der Waals surface area contributed by atoms with E-state index in [9.17, 15) is 4.79 Å². The molecule has 0 aliphatic carbocycles. The largest absolute Gasteiger partial charge is 0.465 e. The number of aryl methyl sites for hydroxylation is 1. The highest BCUT2D eigenvalue weighted by atomic mass is 16.5. The van der Waals surface area contributed by atoms with Gasteiger partial charge in [0.15, 0.2) is 5.65 Å². The Labute approximate surface area is 97.9 Å². The molecule has 2 rings (SSSR count). The molecule has 2 aromatic heterocycles. The molecular weight excluding hydrogens is 222 g/mol. The van der Waals surface area contributed by atoms with E-state index < -0.39 is 5.97 Å². The van der Waals surface area contributed by atoms with E-state index in [1.54, 1.807) is 22.7 Å². The second kappa shape index (κ2) is 4.92. The first-order chi connectivity index (χ1) is 8.26. The van der Waals surface area contributed by atoms with Crippen LogP contribution < -0.4 is 0 Å². The molecular formula is C11H13N3O3. The molecule has 0 fully saturated rings. The number of methoxy groups -OCH3 is 1. The van der Waals surface area contributed by atoms with Crippen molar-refractivity contribution in [2.45, 2.75) is 12.8 Å². The molecule has 0 aliphatic heterocycles. The Balaban J connectivity index is 2.39. The first-order valence-electron chi connectivity index (χ1n) is 5.29. The zero-order valence-corrected chi connectivity index (χ0v) is 9.46. The van der Waals surface area contributed by atoms with E-state index in [4.69, 9.17) is 5.11 Å². The Bertz CT molecular complexity index is 536. The maximum atomic E-state index is 11.4. The van der Waals surface area contributed by atoms with Crippen LogP contribution in [0, 0.1) is 0 Å². The predicted molar refractivity (Wildman–Crippen MR) is 59.7 cm³/mol. The number of rotatable bonds is 4. The predicted octanol–water partition coefficient (Wildman–Crippen LogP) is 0.441. The average molecular weight is 235 g/mol. The number of hydrogen-bond donors (Lipinski definition) is 1. The van der Waals surface area contributed by atoms with Crippen molar-refractivity contribution >= 4 is 11.6 Å². The molecule has 6 nitrogen and oxygen atoms in total. The van der Waals surface area contributed by atoms with E-state index in [0.29, 0.717) is 24.1 Å². The van der Waals surface area contributed by atoms with E-state index in [-0.39, 0.29) is 6.61 Å². The lowest BCUT2D eigenvalue weighted by Crippen LogP contribution is -2.04. The highest BCUT2D eigenvalue weighted by Gasteiger charge is 2.10. The van der Waals surface area contributed by atoms with Gasteiger partial charge in [0.25, 0.3) is 0 Å². The van der Waals surface area contributed by atoms with Crippen molar-refractivity contribution in [1.29, 1.82) is 0 Å². The fourth-order valence-electron chi connectivity index (χ4n) is 1.58. The summed E-state index contributed by atoms with van der Waals surface area (Å²) in [5.74, 6) is 0.327. The Kier molecular flexibility index (Phi) is 3.34. The number of aliphatic hydroxyl groups is 1. The minimum Gasteiger partial charge on any atom is -0.465 e. The van der Waals surface area contributed by atoms with Crippen molar-refractivity contribution in [3.8, 4) is 0 Å². The molecule has 17 heavy (non-hydrogen) atoms. The van der Waals surface area contributed by atoms with Crippen molar-refractivity contribution in [3.05, 3.63) is 29.7 Å². The number of hydrogen-bond acceptors (Lipinski definition) is 5. The van der Waals surface area contributed by atoms with E-state index in [2.05, 4.69) is 14.9 Å². The first kappa shape index (κ1) is 11.5. The summed E-state index contributed by atoms with van der Waals surface area (Å²) in [6, 6.07) is 3.35. The van der Waals surface area contributed by atoms with Gasteiger partial charge in [-0.3, -0.25) is 4.40 Å². The summed E-state index contributed by atoms with van der Waals surface area (Å²) in [6.45, 7) is 0.103. The van der Waals surface area contributed by atoms with Crippen LogP contribution in [0.3, 0.4) is 0 Å². The molecule has 0 spiro atoms. The fraction of sp³-hybridized carbons (Fsp3) is 0.364. The summed E-state index contributed by atoms with van der Waals surface area (Å²) >= 11 is 0. The van der Waals surface area contributed by atoms with Gasteiger partial charge in [-0.25, -0.2) is 4.79 Å². The maximum absolute atomic E-state index is 11.4. The first-order valence-corrected chi connectivity index (χ1v) is 5.29. The highest BCUT2D eigenvalue weighted by molar-refractivity contribution is 5.89. The van der Waals surface area contributed by atoms with Gasteiger partial charge in [-0.1, -0.05) is 0 Å². The number of aromatic nitrogens is 3. The number of nitrogens with zero attached hydrogens (tertiary/aromatic N) is 3. The molecule has 0 aliphatic rings. The summed E-state index contributed by atoms with van der Waals surface area (Å²) in [5, 5.41) is 16.8. The third-order valence-electron chi connectivity index (χ3n) is 2.45. The molecule has 0 unspecified atom stereocenters. The van der Waals surface area contributed by atoms with Gasteiger partial charge in [-0.2, -0.15) is 0 Å². The van der Waals surface area contributed by atoms with Gasteiger partial charge in [0, 0.05) is 19.2 Å². The zero-order valence-electron chi connectivity index (χ0n) is 9.46. The second-order valence-corrected chi connectivity index (χ2v) is 3.58. The summed E-state index contributed by atoms with van der Waals surface area (Å²) in [7, 11) is 1.34. The number of carbonyl (C=O) groups is 1. The number of pyridine rings is 1. The Hall–Kier alpha value is -1.95. The van der Waals surface area contributed by atoms with Gasteiger partial charge in [0.2, 0.25) is 0 Å². The number of esters is 1. The SMILES string of the molecule is COC(=O)c1ccc2nnc(CCCO)n2c1. The standard InChI is InChI=1S/C11H13N3O3/c1-17-11(16)8-4-5-10-13-12-9(3-2-6-15)14(10)7-8/h4-5,7,15H,2-3,6H2,1H3. The lowest BCUT2D eigenvalue weighted by molar-refractivity contribution is 0.0600. The Morgan fingerprint density at radius 3 is 3.00 bits per heavy atom.